The van der Waals surface area contributed by atoms with Crippen LogP contribution in [0.2, 0.25) is 0 Å². The summed E-state index contributed by atoms with van der Waals surface area (Å²) >= 11 is 0. The Morgan fingerprint density at radius 2 is 1.88 bits per heavy atom. The summed E-state index contributed by atoms with van der Waals surface area (Å²) in [7, 11) is 0. The van der Waals surface area contributed by atoms with Gasteiger partial charge in [0.2, 0.25) is 0 Å². The van der Waals surface area contributed by atoms with E-state index in [0.717, 1.165) is 19.2 Å². The zero-order chi connectivity index (χ0) is 12.4. The smallest absolute Gasteiger partial charge is 0.0750 e. The number of ether oxygens (including phenoxy) is 1. The van der Waals surface area contributed by atoms with Crippen LogP contribution in [-0.4, -0.2) is 24.8 Å². The fourth-order valence-corrected chi connectivity index (χ4v) is 3.68. The molecule has 100 valence electrons. The van der Waals surface area contributed by atoms with Crippen molar-refractivity contribution in [1.82, 2.24) is 5.32 Å². The van der Waals surface area contributed by atoms with Crippen molar-refractivity contribution in [3.63, 3.8) is 0 Å². The maximum atomic E-state index is 5.76. The molecule has 1 N–H and O–H groups in total. The van der Waals surface area contributed by atoms with E-state index < -0.39 is 0 Å². The van der Waals surface area contributed by atoms with Crippen molar-refractivity contribution in [1.29, 1.82) is 0 Å². The molecule has 0 heterocycles. The van der Waals surface area contributed by atoms with Gasteiger partial charge in [-0.1, -0.05) is 19.3 Å². The standard InChI is InChI=1S/C15H29NO/c1-4-17-14(2,3)12-16-13-8-11-15(13)9-6-5-7-10-15/h13,16H,4-12H2,1-3H3. The van der Waals surface area contributed by atoms with Crippen LogP contribution in [0.5, 0.6) is 0 Å². The molecule has 0 aliphatic heterocycles. The second-order valence-electron chi connectivity index (χ2n) is 6.59. The van der Waals surface area contributed by atoms with Gasteiger partial charge in [0.1, 0.15) is 0 Å². The Morgan fingerprint density at radius 1 is 1.18 bits per heavy atom. The van der Waals surface area contributed by atoms with Crippen LogP contribution in [0.25, 0.3) is 0 Å². The third-order valence-corrected chi connectivity index (χ3v) is 4.83. The highest BCUT2D eigenvalue weighted by atomic mass is 16.5. The van der Waals surface area contributed by atoms with E-state index in [9.17, 15) is 0 Å². The van der Waals surface area contributed by atoms with Crippen LogP contribution in [0.4, 0.5) is 0 Å². The van der Waals surface area contributed by atoms with Crippen LogP contribution in [-0.2, 0) is 4.74 Å². The van der Waals surface area contributed by atoms with Gasteiger partial charge in [-0.3, -0.25) is 0 Å². The highest BCUT2D eigenvalue weighted by molar-refractivity contribution is 5.02. The van der Waals surface area contributed by atoms with E-state index in [1.807, 2.05) is 0 Å². The van der Waals surface area contributed by atoms with Gasteiger partial charge in [0.05, 0.1) is 5.60 Å². The largest absolute Gasteiger partial charge is 0.375 e. The van der Waals surface area contributed by atoms with Crippen LogP contribution in [0, 0.1) is 5.41 Å². The minimum Gasteiger partial charge on any atom is -0.375 e. The molecule has 0 amide bonds. The molecule has 1 unspecified atom stereocenters. The fourth-order valence-electron chi connectivity index (χ4n) is 3.68. The van der Waals surface area contributed by atoms with E-state index in [1.165, 1.54) is 44.9 Å². The van der Waals surface area contributed by atoms with Crippen molar-refractivity contribution in [2.75, 3.05) is 13.2 Å². The van der Waals surface area contributed by atoms with Crippen LogP contribution in [0.3, 0.4) is 0 Å². The minimum absolute atomic E-state index is 0.0137. The van der Waals surface area contributed by atoms with Gasteiger partial charge in [0, 0.05) is 19.2 Å². The van der Waals surface area contributed by atoms with Crippen molar-refractivity contribution in [3.8, 4) is 0 Å². The van der Waals surface area contributed by atoms with Gasteiger partial charge < -0.3 is 10.1 Å². The number of hydrogen-bond donors (Lipinski definition) is 1. The van der Waals surface area contributed by atoms with E-state index in [2.05, 4.69) is 26.1 Å². The van der Waals surface area contributed by atoms with Crippen molar-refractivity contribution < 1.29 is 4.74 Å². The Labute approximate surface area is 107 Å². The van der Waals surface area contributed by atoms with Crippen LogP contribution in [0.15, 0.2) is 0 Å². The maximum Gasteiger partial charge on any atom is 0.0750 e. The monoisotopic (exact) mass is 239 g/mol. The Balaban J connectivity index is 1.79. The van der Waals surface area contributed by atoms with Crippen molar-refractivity contribution in [3.05, 3.63) is 0 Å². The third kappa shape index (κ3) is 3.03. The summed E-state index contributed by atoms with van der Waals surface area (Å²) < 4.78 is 5.76. The van der Waals surface area contributed by atoms with Gasteiger partial charge >= 0.3 is 0 Å². The fraction of sp³-hybridized carbons (Fsp3) is 1.00. The van der Waals surface area contributed by atoms with Gasteiger partial charge in [0.15, 0.2) is 0 Å². The van der Waals surface area contributed by atoms with Crippen molar-refractivity contribution in [2.45, 2.75) is 77.4 Å². The molecular weight excluding hydrogens is 210 g/mol. The van der Waals surface area contributed by atoms with Gasteiger partial charge in [-0.05, 0) is 51.9 Å². The molecule has 17 heavy (non-hydrogen) atoms. The molecule has 2 heteroatoms. The van der Waals surface area contributed by atoms with Crippen molar-refractivity contribution in [2.24, 2.45) is 5.41 Å². The quantitative estimate of drug-likeness (QED) is 0.793. The average Bonchev–Trinajstić information content (AvgIpc) is 2.28. The van der Waals surface area contributed by atoms with E-state index in [4.69, 9.17) is 4.74 Å². The summed E-state index contributed by atoms with van der Waals surface area (Å²) in [5.74, 6) is 0. The summed E-state index contributed by atoms with van der Waals surface area (Å²) in [6.45, 7) is 8.26. The lowest BCUT2D eigenvalue weighted by Gasteiger charge is -2.53. The van der Waals surface area contributed by atoms with Gasteiger partial charge in [-0.2, -0.15) is 0 Å². The summed E-state index contributed by atoms with van der Waals surface area (Å²) in [6, 6.07) is 0.766. The molecule has 1 spiro atoms. The minimum atomic E-state index is -0.0137. The Bertz CT molecular complexity index is 243. The SMILES string of the molecule is CCOC(C)(C)CNC1CCC12CCCCC2. The molecule has 2 rings (SSSR count). The topological polar surface area (TPSA) is 21.3 Å². The summed E-state index contributed by atoms with van der Waals surface area (Å²) in [6.07, 6.45) is 10.1. The van der Waals surface area contributed by atoms with E-state index in [1.54, 1.807) is 0 Å². The Hall–Kier alpha value is -0.0800. The molecule has 2 aliphatic rings. The second kappa shape index (κ2) is 5.27. The molecule has 0 aromatic carbocycles. The maximum absolute atomic E-state index is 5.76. The molecular formula is C15H29NO. The summed E-state index contributed by atoms with van der Waals surface area (Å²) in [4.78, 5) is 0. The zero-order valence-corrected chi connectivity index (χ0v) is 11.8. The summed E-state index contributed by atoms with van der Waals surface area (Å²) in [5.41, 5.74) is 0.654. The van der Waals surface area contributed by atoms with E-state index in [0.29, 0.717) is 5.41 Å². The molecule has 0 bridgehead atoms. The lowest BCUT2D eigenvalue weighted by atomic mass is 9.57. The molecule has 0 aromatic rings. The molecule has 1 atom stereocenters. The molecule has 0 aromatic heterocycles. The van der Waals surface area contributed by atoms with Crippen LogP contribution in [0.1, 0.15) is 65.7 Å². The van der Waals surface area contributed by atoms with E-state index >= 15 is 0 Å². The molecule has 0 saturated heterocycles. The first-order chi connectivity index (χ1) is 8.08. The first-order valence-corrected chi connectivity index (χ1v) is 7.45. The second-order valence-corrected chi connectivity index (χ2v) is 6.59. The first kappa shape index (κ1) is 13.4. The highest BCUT2D eigenvalue weighted by Crippen LogP contribution is 2.51. The van der Waals surface area contributed by atoms with Gasteiger partial charge in [0.25, 0.3) is 0 Å². The Morgan fingerprint density at radius 3 is 2.41 bits per heavy atom. The third-order valence-electron chi connectivity index (χ3n) is 4.83. The van der Waals surface area contributed by atoms with Crippen LogP contribution >= 0.6 is 0 Å². The molecule has 2 nitrogen and oxygen atoms in total. The predicted octanol–water partition coefficient (Wildman–Crippen LogP) is 3.50. The number of rotatable bonds is 5. The van der Waals surface area contributed by atoms with Crippen LogP contribution < -0.4 is 5.32 Å². The van der Waals surface area contributed by atoms with Crippen molar-refractivity contribution >= 4 is 0 Å². The van der Waals surface area contributed by atoms with Gasteiger partial charge in [-0.25, -0.2) is 0 Å². The summed E-state index contributed by atoms with van der Waals surface area (Å²) in [5, 5.41) is 3.78. The average molecular weight is 239 g/mol. The van der Waals surface area contributed by atoms with Gasteiger partial charge in [-0.15, -0.1) is 0 Å². The first-order valence-electron chi connectivity index (χ1n) is 7.45. The normalized spacial score (nSPS) is 28.1. The predicted molar refractivity (Wildman–Crippen MR) is 72.2 cm³/mol. The Kier molecular flexibility index (Phi) is 4.14. The van der Waals surface area contributed by atoms with E-state index in [-0.39, 0.29) is 5.60 Å². The molecule has 0 radical (unpaired) electrons. The lowest BCUT2D eigenvalue weighted by molar-refractivity contribution is -0.0313. The molecule has 2 fully saturated rings. The molecule has 2 aliphatic carbocycles. The number of hydrogen-bond acceptors (Lipinski definition) is 2. The highest BCUT2D eigenvalue weighted by Gasteiger charge is 2.46. The number of nitrogens with one attached hydrogen (secondary N) is 1. The zero-order valence-electron chi connectivity index (χ0n) is 11.8. The molecule has 2 saturated carbocycles. The lowest BCUT2D eigenvalue weighted by Crippen LogP contribution is -2.57.